The van der Waals surface area contributed by atoms with Crippen molar-refractivity contribution in [2.45, 2.75) is 6.42 Å². The van der Waals surface area contributed by atoms with E-state index in [0.29, 0.717) is 25.3 Å². The van der Waals surface area contributed by atoms with Crippen LogP contribution < -0.4 is 10.6 Å². The van der Waals surface area contributed by atoms with Gasteiger partial charge in [-0.05, 0) is 30.7 Å². The molecule has 6 nitrogen and oxygen atoms in total. The van der Waals surface area contributed by atoms with Crippen LogP contribution in [-0.4, -0.2) is 37.1 Å². The minimum atomic E-state index is -0.575. The Morgan fingerprint density at radius 3 is 2.60 bits per heavy atom. The first-order chi connectivity index (χ1) is 12.0. The van der Waals surface area contributed by atoms with Crippen LogP contribution in [0.3, 0.4) is 0 Å². The van der Waals surface area contributed by atoms with Gasteiger partial charge in [-0.15, -0.1) is 0 Å². The van der Waals surface area contributed by atoms with E-state index >= 15 is 0 Å². The van der Waals surface area contributed by atoms with Crippen molar-refractivity contribution in [1.82, 2.24) is 10.3 Å². The molecule has 2 amide bonds. The Bertz CT molecular complexity index is 771. The molecule has 25 heavy (non-hydrogen) atoms. The number of carbonyl (C=O) groups is 2. The standard InChI is InChI=1S/C17H17ClFN3O3/c1-25-6-2-5-21-16(23)11-7-12(10-20-9-11)17(24)22-13-3-4-15(19)14(18)8-13/h3-4,7-10H,2,5-6H2,1H3,(H,21,23)(H,22,24). The summed E-state index contributed by atoms with van der Waals surface area (Å²) in [7, 11) is 1.59. The van der Waals surface area contributed by atoms with Crippen LogP contribution >= 0.6 is 11.6 Å². The lowest BCUT2D eigenvalue weighted by Gasteiger charge is -2.08. The second kappa shape index (κ2) is 9.10. The highest BCUT2D eigenvalue weighted by atomic mass is 35.5. The third-order valence-corrected chi connectivity index (χ3v) is 3.54. The number of carbonyl (C=O) groups excluding carboxylic acids is 2. The van der Waals surface area contributed by atoms with Gasteiger partial charge in [0.15, 0.2) is 0 Å². The molecule has 0 saturated heterocycles. The maximum absolute atomic E-state index is 13.1. The number of anilines is 1. The molecule has 2 rings (SSSR count). The van der Waals surface area contributed by atoms with Crippen LogP contribution in [-0.2, 0) is 4.74 Å². The molecular formula is C17H17ClFN3O3. The molecule has 0 atom stereocenters. The zero-order valence-corrected chi connectivity index (χ0v) is 14.3. The van der Waals surface area contributed by atoms with Gasteiger partial charge in [0, 0.05) is 38.3 Å². The van der Waals surface area contributed by atoms with E-state index in [4.69, 9.17) is 16.3 Å². The molecule has 0 saturated carbocycles. The smallest absolute Gasteiger partial charge is 0.257 e. The van der Waals surface area contributed by atoms with Crippen LogP contribution in [0.15, 0.2) is 36.7 Å². The summed E-state index contributed by atoms with van der Waals surface area (Å²) in [6, 6.07) is 5.27. The van der Waals surface area contributed by atoms with Crippen molar-refractivity contribution in [2.24, 2.45) is 0 Å². The van der Waals surface area contributed by atoms with Crippen molar-refractivity contribution in [1.29, 1.82) is 0 Å². The maximum Gasteiger partial charge on any atom is 0.257 e. The first-order valence-electron chi connectivity index (χ1n) is 7.50. The number of amides is 2. The Kier molecular flexibility index (Phi) is 6.85. The van der Waals surface area contributed by atoms with E-state index in [-0.39, 0.29) is 22.1 Å². The van der Waals surface area contributed by atoms with Crippen molar-refractivity contribution >= 4 is 29.1 Å². The number of benzene rings is 1. The van der Waals surface area contributed by atoms with Gasteiger partial charge < -0.3 is 15.4 Å². The monoisotopic (exact) mass is 365 g/mol. The van der Waals surface area contributed by atoms with E-state index < -0.39 is 11.7 Å². The van der Waals surface area contributed by atoms with Gasteiger partial charge >= 0.3 is 0 Å². The van der Waals surface area contributed by atoms with Gasteiger partial charge in [0.05, 0.1) is 16.1 Å². The van der Waals surface area contributed by atoms with E-state index in [0.717, 1.165) is 6.07 Å². The molecule has 0 aliphatic heterocycles. The average molecular weight is 366 g/mol. The molecular weight excluding hydrogens is 349 g/mol. The van der Waals surface area contributed by atoms with Crippen LogP contribution in [0.2, 0.25) is 5.02 Å². The highest BCUT2D eigenvalue weighted by molar-refractivity contribution is 6.31. The van der Waals surface area contributed by atoms with Crippen LogP contribution in [0.5, 0.6) is 0 Å². The van der Waals surface area contributed by atoms with Gasteiger partial charge in [0.1, 0.15) is 5.82 Å². The highest BCUT2D eigenvalue weighted by Gasteiger charge is 2.12. The summed E-state index contributed by atoms with van der Waals surface area (Å²) < 4.78 is 18.0. The molecule has 0 aliphatic rings. The van der Waals surface area contributed by atoms with Gasteiger partial charge in [-0.2, -0.15) is 0 Å². The molecule has 0 fully saturated rings. The zero-order valence-electron chi connectivity index (χ0n) is 13.5. The van der Waals surface area contributed by atoms with Crippen LogP contribution in [0.25, 0.3) is 0 Å². The van der Waals surface area contributed by atoms with Crippen LogP contribution in [0.1, 0.15) is 27.1 Å². The molecule has 2 aromatic rings. The minimum Gasteiger partial charge on any atom is -0.385 e. The Labute approximate surface area is 149 Å². The van der Waals surface area contributed by atoms with Crippen molar-refractivity contribution < 1.29 is 18.7 Å². The normalized spacial score (nSPS) is 10.4. The number of pyridine rings is 1. The van der Waals surface area contributed by atoms with Crippen LogP contribution in [0.4, 0.5) is 10.1 Å². The van der Waals surface area contributed by atoms with E-state index in [1.54, 1.807) is 7.11 Å². The first kappa shape index (κ1) is 18.8. The first-order valence-corrected chi connectivity index (χ1v) is 7.87. The topological polar surface area (TPSA) is 80.3 Å². The second-order valence-corrected chi connectivity index (χ2v) is 5.55. The largest absolute Gasteiger partial charge is 0.385 e. The number of rotatable bonds is 7. The maximum atomic E-state index is 13.1. The summed E-state index contributed by atoms with van der Waals surface area (Å²) in [6.07, 6.45) is 3.39. The summed E-state index contributed by atoms with van der Waals surface area (Å²) in [6.45, 7) is 0.998. The lowest BCUT2D eigenvalue weighted by molar-refractivity contribution is 0.0948. The summed E-state index contributed by atoms with van der Waals surface area (Å²) >= 11 is 5.68. The summed E-state index contributed by atoms with van der Waals surface area (Å²) in [5, 5.41) is 5.19. The van der Waals surface area contributed by atoms with Gasteiger partial charge in [0.25, 0.3) is 11.8 Å². The highest BCUT2D eigenvalue weighted by Crippen LogP contribution is 2.20. The molecule has 1 aromatic heterocycles. The third kappa shape index (κ3) is 5.51. The number of halogens is 2. The Balaban J connectivity index is 2.03. The van der Waals surface area contributed by atoms with Crippen LogP contribution in [0, 0.1) is 5.82 Å². The molecule has 2 N–H and O–H groups in total. The zero-order chi connectivity index (χ0) is 18.2. The fourth-order valence-electron chi connectivity index (χ4n) is 1.99. The van der Waals surface area contributed by atoms with E-state index in [1.165, 1.54) is 30.6 Å². The van der Waals surface area contributed by atoms with E-state index in [2.05, 4.69) is 15.6 Å². The third-order valence-electron chi connectivity index (χ3n) is 3.25. The Hall–Kier alpha value is -2.51. The second-order valence-electron chi connectivity index (χ2n) is 5.15. The van der Waals surface area contributed by atoms with Gasteiger partial charge in [-0.1, -0.05) is 11.6 Å². The number of hydrogen-bond donors (Lipinski definition) is 2. The van der Waals surface area contributed by atoms with Crippen molar-refractivity contribution in [3.8, 4) is 0 Å². The predicted octanol–water partition coefficient (Wildman–Crippen LogP) is 2.89. The molecule has 0 spiro atoms. The molecule has 8 heteroatoms. The van der Waals surface area contributed by atoms with Crippen molar-refractivity contribution in [2.75, 3.05) is 25.6 Å². The van der Waals surface area contributed by atoms with Gasteiger partial charge in [0.2, 0.25) is 0 Å². The number of aromatic nitrogens is 1. The van der Waals surface area contributed by atoms with E-state index in [9.17, 15) is 14.0 Å². The number of methoxy groups -OCH3 is 1. The molecule has 0 bridgehead atoms. The average Bonchev–Trinajstić information content (AvgIpc) is 2.62. The minimum absolute atomic E-state index is 0.0971. The van der Waals surface area contributed by atoms with Crippen molar-refractivity contribution in [3.05, 3.63) is 58.6 Å². The summed E-state index contributed by atoms with van der Waals surface area (Å²) in [4.78, 5) is 28.2. The van der Waals surface area contributed by atoms with Crippen molar-refractivity contribution in [3.63, 3.8) is 0 Å². The quantitative estimate of drug-likeness (QED) is 0.739. The lowest BCUT2D eigenvalue weighted by atomic mass is 10.1. The summed E-state index contributed by atoms with van der Waals surface area (Å²) in [5.41, 5.74) is 0.804. The molecule has 1 aromatic carbocycles. The number of hydrogen-bond acceptors (Lipinski definition) is 4. The Morgan fingerprint density at radius 1 is 1.20 bits per heavy atom. The lowest BCUT2D eigenvalue weighted by Crippen LogP contribution is -2.25. The molecule has 132 valence electrons. The number of ether oxygens (including phenoxy) is 1. The van der Waals surface area contributed by atoms with Gasteiger partial charge in [-0.25, -0.2) is 4.39 Å². The Morgan fingerprint density at radius 2 is 1.92 bits per heavy atom. The van der Waals surface area contributed by atoms with E-state index in [1.807, 2.05) is 0 Å². The summed E-state index contributed by atoms with van der Waals surface area (Å²) in [5.74, 6) is -1.39. The fraction of sp³-hybridized carbons (Fsp3) is 0.235. The molecule has 0 aliphatic carbocycles. The predicted molar refractivity (Wildman–Crippen MR) is 92.4 cm³/mol. The fourth-order valence-corrected chi connectivity index (χ4v) is 2.17. The molecule has 0 radical (unpaired) electrons. The number of nitrogens with one attached hydrogen (secondary N) is 2. The molecule has 1 heterocycles. The SMILES string of the molecule is COCCCNC(=O)c1cncc(C(=O)Nc2ccc(F)c(Cl)c2)c1. The number of nitrogens with zero attached hydrogens (tertiary/aromatic N) is 1. The van der Waals surface area contributed by atoms with Gasteiger partial charge in [-0.3, -0.25) is 14.6 Å². The molecule has 0 unspecified atom stereocenters.